The molecule has 1 saturated heterocycles. The van der Waals surface area contributed by atoms with Crippen molar-refractivity contribution in [2.45, 2.75) is 18.9 Å². The molecular weight excluding hydrogens is 266 g/mol. The predicted octanol–water partition coefficient (Wildman–Crippen LogP) is 2.50. The molecule has 110 valence electrons. The van der Waals surface area contributed by atoms with E-state index in [0.717, 1.165) is 29.3 Å². The molecule has 0 bridgehead atoms. The van der Waals surface area contributed by atoms with Gasteiger partial charge >= 0.3 is 6.03 Å². The first-order valence-electron chi connectivity index (χ1n) is 7.17. The zero-order valence-electron chi connectivity index (χ0n) is 11.7. The van der Waals surface area contributed by atoms with Crippen LogP contribution >= 0.6 is 0 Å². The topological polar surface area (TPSA) is 78.6 Å². The summed E-state index contributed by atoms with van der Waals surface area (Å²) in [7, 11) is 0. The number of nitrogens with one attached hydrogen (secondary N) is 1. The lowest BCUT2D eigenvalue weighted by Gasteiger charge is -2.32. The molecule has 2 amide bonds. The fourth-order valence-electron chi connectivity index (χ4n) is 2.88. The van der Waals surface area contributed by atoms with Gasteiger partial charge in [0.25, 0.3) is 0 Å². The first-order chi connectivity index (χ1) is 10.1. The summed E-state index contributed by atoms with van der Waals surface area (Å²) in [4.78, 5) is 12.8. The van der Waals surface area contributed by atoms with Gasteiger partial charge in [0.2, 0.25) is 0 Å². The first kappa shape index (κ1) is 13.5. The second-order valence-corrected chi connectivity index (χ2v) is 5.42. The number of likely N-dealkylation sites (tertiary alicyclic amines) is 1. The number of anilines is 1. The number of hydrogen-bond acceptors (Lipinski definition) is 3. The lowest BCUT2D eigenvalue weighted by atomic mass is 10.0. The number of amides is 2. The zero-order chi connectivity index (χ0) is 14.8. The Hall–Kier alpha value is -2.43. The summed E-state index contributed by atoms with van der Waals surface area (Å²) in [5, 5.41) is 15.3. The third-order valence-electron chi connectivity index (χ3n) is 4.07. The summed E-state index contributed by atoms with van der Waals surface area (Å²) in [6.45, 7) is 1.37. The molecule has 0 spiro atoms. The molecule has 5 nitrogen and oxygen atoms in total. The number of urea groups is 1. The molecule has 1 fully saturated rings. The molecular formula is C16H19N3O2. The molecule has 4 N–H and O–H groups in total. The van der Waals surface area contributed by atoms with Gasteiger partial charge < -0.3 is 21.1 Å². The number of fused-ring (bicyclic) bond motifs is 1. The Morgan fingerprint density at radius 3 is 2.52 bits per heavy atom. The summed E-state index contributed by atoms with van der Waals surface area (Å²) in [6, 6.07) is 11.4. The summed E-state index contributed by atoms with van der Waals surface area (Å²) in [5.74, 6) is 0.291. The molecule has 0 atom stereocenters. The zero-order valence-corrected chi connectivity index (χ0v) is 11.7. The standard InChI is InChI=1S/C16H19N3O2/c17-16(21)19-9-7-11(8-10-19)18-14-5-1-4-13-12(14)3-2-6-15(13)20/h1-6,11,18,20H,7-10H2,(H2,17,21). The van der Waals surface area contributed by atoms with Crippen LogP contribution in [0.25, 0.3) is 10.8 Å². The van der Waals surface area contributed by atoms with E-state index in [0.29, 0.717) is 24.9 Å². The van der Waals surface area contributed by atoms with Crippen molar-refractivity contribution in [3.05, 3.63) is 36.4 Å². The van der Waals surface area contributed by atoms with Crippen molar-refractivity contribution < 1.29 is 9.90 Å². The lowest BCUT2D eigenvalue weighted by molar-refractivity contribution is 0.193. The largest absolute Gasteiger partial charge is 0.507 e. The molecule has 2 aromatic rings. The number of nitrogens with two attached hydrogens (primary N) is 1. The number of carbonyl (C=O) groups is 1. The number of aromatic hydroxyl groups is 1. The van der Waals surface area contributed by atoms with E-state index in [-0.39, 0.29) is 6.03 Å². The van der Waals surface area contributed by atoms with Gasteiger partial charge in [-0.25, -0.2) is 4.79 Å². The minimum absolute atomic E-state index is 0.291. The van der Waals surface area contributed by atoms with E-state index in [9.17, 15) is 9.90 Å². The summed E-state index contributed by atoms with van der Waals surface area (Å²) >= 11 is 0. The summed E-state index contributed by atoms with van der Waals surface area (Å²) in [5.41, 5.74) is 6.31. The molecule has 0 saturated carbocycles. The summed E-state index contributed by atoms with van der Waals surface area (Å²) < 4.78 is 0. The molecule has 1 aliphatic rings. The molecule has 5 heteroatoms. The highest BCUT2D eigenvalue weighted by atomic mass is 16.3. The average molecular weight is 285 g/mol. The van der Waals surface area contributed by atoms with Crippen LogP contribution in [0.3, 0.4) is 0 Å². The molecule has 0 aliphatic carbocycles. The van der Waals surface area contributed by atoms with Gasteiger partial charge in [-0.3, -0.25) is 0 Å². The van der Waals surface area contributed by atoms with Crippen molar-refractivity contribution in [1.29, 1.82) is 0 Å². The van der Waals surface area contributed by atoms with E-state index < -0.39 is 0 Å². The van der Waals surface area contributed by atoms with Crippen LogP contribution < -0.4 is 11.1 Å². The number of carbonyl (C=O) groups excluding carboxylic acids is 1. The SMILES string of the molecule is NC(=O)N1CCC(Nc2cccc3c(O)cccc23)CC1. The van der Waals surface area contributed by atoms with Crippen LogP contribution in [-0.2, 0) is 0 Å². The fraction of sp³-hybridized carbons (Fsp3) is 0.312. The minimum atomic E-state index is -0.344. The highest BCUT2D eigenvalue weighted by molar-refractivity contribution is 5.97. The Morgan fingerprint density at radius 2 is 1.81 bits per heavy atom. The van der Waals surface area contributed by atoms with Crippen LogP contribution in [0.2, 0.25) is 0 Å². The van der Waals surface area contributed by atoms with Crippen LogP contribution in [0.4, 0.5) is 10.5 Å². The van der Waals surface area contributed by atoms with Crippen molar-refractivity contribution in [3.8, 4) is 5.75 Å². The van der Waals surface area contributed by atoms with Gasteiger partial charge in [0.15, 0.2) is 0 Å². The van der Waals surface area contributed by atoms with Gasteiger partial charge in [-0.15, -0.1) is 0 Å². The van der Waals surface area contributed by atoms with E-state index >= 15 is 0 Å². The maximum atomic E-state index is 11.1. The van der Waals surface area contributed by atoms with Crippen LogP contribution in [0, 0.1) is 0 Å². The molecule has 21 heavy (non-hydrogen) atoms. The number of primary amides is 1. The maximum absolute atomic E-state index is 11.1. The van der Waals surface area contributed by atoms with Crippen molar-refractivity contribution in [3.63, 3.8) is 0 Å². The number of phenols is 1. The summed E-state index contributed by atoms with van der Waals surface area (Å²) in [6.07, 6.45) is 1.75. The van der Waals surface area contributed by atoms with E-state index in [1.54, 1.807) is 11.0 Å². The average Bonchev–Trinajstić information content (AvgIpc) is 2.49. The van der Waals surface area contributed by atoms with Crippen molar-refractivity contribution in [2.24, 2.45) is 5.73 Å². The smallest absolute Gasteiger partial charge is 0.314 e. The Kier molecular flexibility index (Phi) is 3.56. The van der Waals surface area contributed by atoms with Crippen LogP contribution in [-0.4, -0.2) is 35.2 Å². The first-order valence-corrected chi connectivity index (χ1v) is 7.17. The van der Waals surface area contributed by atoms with Crippen molar-refractivity contribution in [1.82, 2.24) is 4.90 Å². The van der Waals surface area contributed by atoms with E-state index in [1.165, 1.54) is 0 Å². The van der Waals surface area contributed by atoms with Crippen LogP contribution in [0.15, 0.2) is 36.4 Å². The Bertz CT molecular complexity index is 664. The van der Waals surface area contributed by atoms with Gasteiger partial charge in [-0.2, -0.15) is 0 Å². The van der Waals surface area contributed by atoms with E-state index in [2.05, 4.69) is 5.32 Å². The number of hydrogen-bond donors (Lipinski definition) is 3. The monoisotopic (exact) mass is 285 g/mol. The van der Waals surface area contributed by atoms with E-state index in [4.69, 9.17) is 5.73 Å². The molecule has 0 radical (unpaired) electrons. The Balaban J connectivity index is 1.77. The third kappa shape index (κ3) is 2.72. The molecule has 0 unspecified atom stereocenters. The van der Waals surface area contributed by atoms with Gasteiger partial charge in [0.1, 0.15) is 5.75 Å². The number of nitrogens with zero attached hydrogens (tertiary/aromatic N) is 1. The Morgan fingerprint density at radius 1 is 1.14 bits per heavy atom. The van der Waals surface area contributed by atoms with Gasteiger partial charge in [-0.1, -0.05) is 24.3 Å². The highest BCUT2D eigenvalue weighted by Crippen LogP contribution is 2.30. The number of rotatable bonds is 2. The molecule has 2 aromatic carbocycles. The van der Waals surface area contributed by atoms with Crippen LogP contribution in [0.5, 0.6) is 5.75 Å². The van der Waals surface area contributed by atoms with Gasteiger partial charge in [0.05, 0.1) is 0 Å². The van der Waals surface area contributed by atoms with Gasteiger partial charge in [0, 0.05) is 35.6 Å². The normalized spacial score (nSPS) is 16.1. The van der Waals surface area contributed by atoms with Crippen molar-refractivity contribution in [2.75, 3.05) is 18.4 Å². The fourth-order valence-corrected chi connectivity index (χ4v) is 2.88. The number of benzene rings is 2. The minimum Gasteiger partial charge on any atom is -0.507 e. The number of phenolic OH excluding ortho intramolecular Hbond substituents is 1. The second kappa shape index (κ2) is 5.52. The quantitative estimate of drug-likeness (QED) is 0.793. The predicted molar refractivity (Wildman–Crippen MR) is 83.4 cm³/mol. The second-order valence-electron chi connectivity index (χ2n) is 5.42. The maximum Gasteiger partial charge on any atom is 0.314 e. The van der Waals surface area contributed by atoms with Gasteiger partial charge in [-0.05, 0) is 25.0 Å². The van der Waals surface area contributed by atoms with Crippen LogP contribution in [0.1, 0.15) is 12.8 Å². The molecule has 0 aromatic heterocycles. The van der Waals surface area contributed by atoms with Crippen molar-refractivity contribution >= 4 is 22.5 Å². The molecule has 1 aliphatic heterocycles. The number of piperidine rings is 1. The molecule has 3 rings (SSSR count). The third-order valence-corrected chi connectivity index (χ3v) is 4.07. The lowest BCUT2D eigenvalue weighted by Crippen LogP contribution is -2.44. The highest BCUT2D eigenvalue weighted by Gasteiger charge is 2.21. The van der Waals surface area contributed by atoms with E-state index in [1.807, 2.05) is 30.3 Å². The molecule has 1 heterocycles. The Labute approximate surface area is 123 Å².